The molecule has 0 aliphatic rings. The van der Waals surface area contributed by atoms with Gasteiger partial charge in [0.05, 0.1) is 14.2 Å². The van der Waals surface area contributed by atoms with Crippen LogP contribution in [0.25, 0.3) is 0 Å². The Hall–Kier alpha value is -2.83. The Morgan fingerprint density at radius 1 is 0.679 bits per heavy atom. The van der Waals surface area contributed by atoms with E-state index in [1.54, 1.807) is 14.2 Å². The number of thiol groups is 1. The molecule has 6 heteroatoms. The lowest BCUT2D eigenvalue weighted by Gasteiger charge is -2.11. The van der Waals surface area contributed by atoms with Gasteiger partial charge in [-0.05, 0) is 59.4 Å². The highest BCUT2D eigenvalue weighted by Gasteiger charge is 2.05. The summed E-state index contributed by atoms with van der Waals surface area (Å²) in [7, 11) is 0.767. The van der Waals surface area contributed by atoms with Crippen molar-refractivity contribution in [2.24, 2.45) is 5.14 Å². The fourth-order valence-corrected chi connectivity index (χ4v) is 2.83. The minimum Gasteiger partial charge on any atom is -0.497 e. The predicted octanol–water partition coefficient (Wildman–Crippen LogP) is 3.36. The maximum Gasteiger partial charge on any atom is 0.198 e. The van der Waals surface area contributed by atoms with E-state index >= 15 is 0 Å². The van der Waals surface area contributed by atoms with Gasteiger partial charge in [-0.3, -0.25) is 0 Å². The largest absolute Gasteiger partial charge is 0.497 e. The van der Waals surface area contributed by atoms with Gasteiger partial charge in [0.2, 0.25) is 0 Å². The van der Waals surface area contributed by atoms with E-state index in [0.717, 1.165) is 24.3 Å². The molecule has 3 aromatic carbocycles. The van der Waals surface area contributed by atoms with Crippen molar-refractivity contribution in [1.82, 2.24) is 0 Å². The zero-order chi connectivity index (χ0) is 20.4. The summed E-state index contributed by atoms with van der Waals surface area (Å²) in [6, 6.07) is 25.2. The Balaban J connectivity index is 0.000000640. The molecule has 0 saturated heterocycles. The van der Waals surface area contributed by atoms with Crippen molar-refractivity contribution in [3.05, 3.63) is 95.1 Å². The topological polar surface area (TPSA) is 78.6 Å². The quantitative estimate of drug-likeness (QED) is 0.623. The van der Waals surface area contributed by atoms with E-state index in [1.165, 1.54) is 22.3 Å². The molecule has 0 aromatic heterocycles. The summed E-state index contributed by atoms with van der Waals surface area (Å²) in [5, 5.41) is 4.06. The molecule has 0 atom stereocenters. The third kappa shape index (κ3) is 7.06. The van der Waals surface area contributed by atoms with Crippen LogP contribution in [0.3, 0.4) is 0 Å². The van der Waals surface area contributed by atoms with Gasteiger partial charge in [-0.15, -0.1) is 0 Å². The minimum atomic E-state index is -2.62. The van der Waals surface area contributed by atoms with Gasteiger partial charge in [-0.2, -0.15) is 0 Å². The average Bonchev–Trinajstić information content (AvgIpc) is 2.70. The number of hydrogen-bond acceptors (Lipinski definition) is 4. The summed E-state index contributed by atoms with van der Waals surface area (Å²) in [4.78, 5) is 0. The van der Waals surface area contributed by atoms with Crippen molar-refractivity contribution < 1.29 is 17.9 Å². The number of hydrogen-bond donors (Lipinski definition) is 2. The lowest BCUT2D eigenvalue weighted by atomic mass is 9.95. The Bertz CT molecular complexity index is 859. The molecular formula is C22H25NO4S. The SMILES string of the molecule is COc1ccc(Cc2ccccc2Cc2ccc(OC)cc2)cc1.N[SH](=O)=O. The van der Waals surface area contributed by atoms with Gasteiger partial charge in [0.15, 0.2) is 10.9 Å². The Labute approximate surface area is 167 Å². The van der Waals surface area contributed by atoms with Gasteiger partial charge in [0.1, 0.15) is 11.5 Å². The molecule has 3 aromatic rings. The van der Waals surface area contributed by atoms with E-state index in [9.17, 15) is 0 Å². The molecule has 3 rings (SSSR count). The van der Waals surface area contributed by atoms with E-state index in [2.05, 4.69) is 53.7 Å². The molecule has 2 N–H and O–H groups in total. The van der Waals surface area contributed by atoms with E-state index in [1.807, 2.05) is 24.3 Å². The number of nitrogens with two attached hydrogens (primary N) is 1. The van der Waals surface area contributed by atoms with Gasteiger partial charge < -0.3 is 9.47 Å². The fraction of sp³-hybridized carbons (Fsp3) is 0.182. The average molecular weight is 400 g/mol. The van der Waals surface area contributed by atoms with E-state index in [-0.39, 0.29) is 0 Å². The van der Waals surface area contributed by atoms with Crippen molar-refractivity contribution >= 4 is 10.9 Å². The van der Waals surface area contributed by atoms with Crippen LogP contribution >= 0.6 is 0 Å². The Morgan fingerprint density at radius 3 is 1.29 bits per heavy atom. The van der Waals surface area contributed by atoms with Gasteiger partial charge in [0.25, 0.3) is 0 Å². The zero-order valence-corrected chi connectivity index (χ0v) is 16.9. The minimum absolute atomic E-state index is 0.894. The molecular weight excluding hydrogens is 374 g/mol. The predicted molar refractivity (Wildman–Crippen MR) is 113 cm³/mol. The normalized spacial score (nSPS) is 10.1. The van der Waals surface area contributed by atoms with Crippen LogP contribution in [0.4, 0.5) is 0 Å². The molecule has 148 valence electrons. The number of ether oxygens (including phenoxy) is 2. The maximum absolute atomic E-state index is 8.81. The highest BCUT2D eigenvalue weighted by molar-refractivity contribution is 7.69. The lowest BCUT2D eigenvalue weighted by Crippen LogP contribution is -1.97. The molecule has 0 aliphatic carbocycles. The Kier molecular flexibility index (Phi) is 8.52. The van der Waals surface area contributed by atoms with Crippen molar-refractivity contribution in [2.75, 3.05) is 14.2 Å². The molecule has 0 amide bonds. The summed E-state index contributed by atoms with van der Waals surface area (Å²) in [6.45, 7) is 0. The molecule has 5 nitrogen and oxygen atoms in total. The third-order valence-electron chi connectivity index (χ3n) is 4.23. The van der Waals surface area contributed by atoms with Crippen LogP contribution in [0, 0.1) is 0 Å². The van der Waals surface area contributed by atoms with Gasteiger partial charge in [-0.1, -0.05) is 48.5 Å². The standard InChI is InChI=1S/C22H22O2.H3NO2S/c1-23-21-11-7-17(8-12-21)15-19-5-3-4-6-20(19)16-18-9-13-22(24-2)14-10-18;1-4(2)3/h3-14H,15-16H2,1-2H3;4H,(H2,1,2,3). The van der Waals surface area contributed by atoms with Crippen LogP contribution in [0.2, 0.25) is 0 Å². The second kappa shape index (κ2) is 11.1. The van der Waals surface area contributed by atoms with Gasteiger partial charge in [-0.25, -0.2) is 13.6 Å². The molecule has 0 radical (unpaired) electrons. The second-order valence-electron chi connectivity index (χ2n) is 6.10. The Morgan fingerprint density at radius 2 is 1.00 bits per heavy atom. The molecule has 0 saturated carbocycles. The van der Waals surface area contributed by atoms with Crippen molar-refractivity contribution in [2.45, 2.75) is 12.8 Å². The first-order valence-electron chi connectivity index (χ1n) is 8.73. The summed E-state index contributed by atoms with van der Waals surface area (Å²) in [5.41, 5.74) is 5.30. The molecule has 0 unspecified atom stereocenters. The number of benzene rings is 3. The zero-order valence-electron chi connectivity index (χ0n) is 16.0. The summed E-state index contributed by atoms with van der Waals surface area (Å²) in [5.74, 6) is 1.79. The van der Waals surface area contributed by atoms with Crippen LogP contribution in [0.5, 0.6) is 11.5 Å². The molecule has 0 fully saturated rings. The second-order valence-corrected chi connectivity index (χ2v) is 6.67. The molecule has 28 heavy (non-hydrogen) atoms. The van der Waals surface area contributed by atoms with E-state index in [0.29, 0.717) is 0 Å². The third-order valence-corrected chi connectivity index (χ3v) is 4.23. The molecule has 0 spiro atoms. The van der Waals surface area contributed by atoms with Crippen LogP contribution < -0.4 is 14.6 Å². The first kappa shape index (κ1) is 21.5. The smallest absolute Gasteiger partial charge is 0.198 e. The monoisotopic (exact) mass is 399 g/mol. The van der Waals surface area contributed by atoms with Crippen molar-refractivity contribution in [3.63, 3.8) is 0 Å². The molecule has 0 aliphatic heterocycles. The van der Waals surface area contributed by atoms with Crippen LogP contribution in [0.15, 0.2) is 72.8 Å². The summed E-state index contributed by atoms with van der Waals surface area (Å²) >= 11 is 0. The first-order valence-corrected chi connectivity index (χ1v) is 9.98. The lowest BCUT2D eigenvalue weighted by molar-refractivity contribution is 0.414. The summed E-state index contributed by atoms with van der Waals surface area (Å²) < 4.78 is 28.1. The van der Waals surface area contributed by atoms with Crippen LogP contribution in [-0.2, 0) is 23.7 Å². The number of methoxy groups -OCH3 is 2. The maximum atomic E-state index is 8.81. The van der Waals surface area contributed by atoms with Crippen LogP contribution in [-0.4, -0.2) is 22.6 Å². The first-order chi connectivity index (χ1) is 13.5. The van der Waals surface area contributed by atoms with Gasteiger partial charge in [0, 0.05) is 0 Å². The van der Waals surface area contributed by atoms with E-state index in [4.69, 9.17) is 17.9 Å². The highest BCUT2D eigenvalue weighted by atomic mass is 32.2. The molecule has 0 heterocycles. The van der Waals surface area contributed by atoms with Crippen molar-refractivity contribution in [1.29, 1.82) is 0 Å². The van der Waals surface area contributed by atoms with Gasteiger partial charge >= 0.3 is 0 Å². The van der Waals surface area contributed by atoms with E-state index < -0.39 is 10.9 Å². The van der Waals surface area contributed by atoms with Crippen LogP contribution in [0.1, 0.15) is 22.3 Å². The highest BCUT2D eigenvalue weighted by Crippen LogP contribution is 2.21. The molecule has 0 bridgehead atoms. The van der Waals surface area contributed by atoms with Crippen molar-refractivity contribution in [3.8, 4) is 11.5 Å². The fourth-order valence-electron chi connectivity index (χ4n) is 2.83. The number of rotatable bonds is 6. The summed E-state index contributed by atoms with van der Waals surface area (Å²) in [6.07, 6.45) is 1.85.